The Kier molecular flexibility index (Phi) is 14.9. The predicted octanol–water partition coefficient (Wildman–Crippen LogP) is 17.3. The first kappa shape index (κ1) is 54.0. The Labute approximate surface area is 509 Å². The fraction of sp³-hybridized carbons (Fsp3) is 0.0263. The van der Waals surface area contributed by atoms with Crippen LogP contribution in [0.5, 0.6) is 0 Å². The second-order valence-electron chi connectivity index (χ2n) is 21.3. The molecule has 88 heavy (non-hydrogen) atoms. The van der Waals surface area contributed by atoms with Crippen LogP contribution in [0.2, 0.25) is 0 Å². The van der Waals surface area contributed by atoms with Crippen LogP contribution < -0.4 is 0 Å². The molecule has 0 saturated heterocycles. The Morgan fingerprint density at radius 2 is 0.352 bits per heavy atom. The Morgan fingerprint density at radius 1 is 0.170 bits per heavy atom. The normalized spacial score (nSPS) is 11.1. The van der Waals surface area contributed by atoms with Crippen molar-refractivity contribution in [2.45, 2.75) is 13.8 Å². The molecule has 0 aliphatic rings. The SMILES string of the molecule is Cc1ccc(-c2nnc(-c3cccc(-c4nnc(-c5ccc(C)cc5)n4-c4ccccc4)c3)n2-c2ccccc2)cc1.c1ccc(-c2nnc(-c3ccc(-c4ccc(-c5nnc(-c6ccccc6)n5-c5ccccc5)cc4)cc3)n2-c2ccccc2)cc1. The molecule has 0 spiro atoms. The van der Waals surface area contributed by atoms with Crippen molar-refractivity contribution >= 4 is 0 Å². The van der Waals surface area contributed by atoms with Gasteiger partial charge < -0.3 is 0 Å². The summed E-state index contributed by atoms with van der Waals surface area (Å²) in [5.41, 5.74) is 16.5. The number of rotatable bonds is 13. The zero-order chi connectivity index (χ0) is 59.2. The van der Waals surface area contributed by atoms with Gasteiger partial charge in [-0.05, 0) is 79.6 Å². The zero-order valence-corrected chi connectivity index (χ0v) is 48.2. The summed E-state index contributed by atoms with van der Waals surface area (Å²) in [5, 5.41) is 37.2. The average molecular weight is 1140 g/mol. The van der Waals surface area contributed by atoms with Crippen LogP contribution in [0.25, 0.3) is 125 Å². The third-order valence-electron chi connectivity index (χ3n) is 15.4. The summed E-state index contributed by atoms with van der Waals surface area (Å²) in [5.74, 6) is 6.28. The number of benzene rings is 11. The van der Waals surface area contributed by atoms with Crippen molar-refractivity contribution in [3.8, 4) is 125 Å². The largest absolute Gasteiger partial charge is 0.275 e. The molecule has 0 aliphatic carbocycles. The average Bonchev–Trinajstić information content (AvgIpc) is 2.13. The minimum absolute atomic E-state index is 0.753. The van der Waals surface area contributed by atoms with Gasteiger partial charge in [0.15, 0.2) is 46.6 Å². The third kappa shape index (κ3) is 10.9. The minimum Gasteiger partial charge on any atom is -0.275 e. The van der Waals surface area contributed by atoms with Gasteiger partial charge in [0.1, 0.15) is 0 Å². The topological polar surface area (TPSA) is 123 Å². The Hall–Kier alpha value is -12.0. The molecule has 0 N–H and O–H groups in total. The molecule has 0 fully saturated rings. The van der Waals surface area contributed by atoms with Gasteiger partial charge >= 0.3 is 0 Å². The maximum atomic E-state index is 4.71. The Morgan fingerprint density at radius 3 is 0.602 bits per heavy atom. The van der Waals surface area contributed by atoms with Crippen LogP contribution in [-0.4, -0.2) is 59.1 Å². The van der Waals surface area contributed by atoms with Crippen LogP contribution >= 0.6 is 0 Å². The lowest BCUT2D eigenvalue weighted by molar-refractivity contribution is 1.07. The van der Waals surface area contributed by atoms with Crippen LogP contribution in [0.1, 0.15) is 11.1 Å². The van der Waals surface area contributed by atoms with E-state index in [1.165, 1.54) is 11.1 Å². The van der Waals surface area contributed by atoms with Gasteiger partial charge in [0.25, 0.3) is 0 Å². The van der Waals surface area contributed by atoms with E-state index in [-0.39, 0.29) is 0 Å². The van der Waals surface area contributed by atoms with Crippen molar-refractivity contribution in [2.24, 2.45) is 0 Å². The summed E-state index contributed by atoms with van der Waals surface area (Å²) in [6.07, 6.45) is 0. The highest BCUT2D eigenvalue weighted by Crippen LogP contribution is 2.36. The Bertz CT molecular complexity index is 4490. The molecule has 11 aromatic carbocycles. The monoisotopic (exact) mass is 1140 g/mol. The van der Waals surface area contributed by atoms with E-state index in [4.69, 9.17) is 10.2 Å². The van der Waals surface area contributed by atoms with E-state index in [2.05, 4.69) is 251 Å². The summed E-state index contributed by atoms with van der Waals surface area (Å²) in [6, 6.07) is 103. The standard InChI is InChI=1S/C40H28N6.C36H28N6/c1-5-13-31(14-6-1)37-41-43-39(45(37)35-17-9-3-10-18-35)33-25-21-29(22-26-33)30-23-27-34(28-24-30)40-44-42-38(32-15-7-2-8-16-32)46(40)36-19-11-4-12-20-36;1-25-16-20-27(21-17-25)33-37-39-35(41(33)31-12-5-3-6-13-31)29-10-9-11-30(24-29)36-40-38-34(28-22-18-26(2)19-23-28)42(36)32-14-7-4-8-15-32/h1-28H;3-24H,1-2H3. The van der Waals surface area contributed by atoms with E-state index >= 15 is 0 Å². The van der Waals surface area contributed by atoms with Gasteiger partial charge in [-0.3, -0.25) is 18.3 Å². The lowest BCUT2D eigenvalue weighted by Gasteiger charge is -2.13. The number of nitrogens with zero attached hydrogens (tertiary/aromatic N) is 12. The van der Waals surface area contributed by atoms with E-state index in [0.717, 1.165) is 125 Å². The molecule has 4 heterocycles. The van der Waals surface area contributed by atoms with Crippen molar-refractivity contribution < 1.29 is 0 Å². The molecule has 420 valence electrons. The summed E-state index contributed by atoms with van der Waals surface area (Å²) in [7, 11) is 0. The molecule has 12 nitrogen and oxygen atoms in total. The van der Waals surface area contributed by atoms with Gasteiger partial charge in [0, 0.05) is 67.3 Å². The van der Waals surface area contributed by atoms with Gasteiger partial charge in [-0.25, -0.2) is 0 Å². The van der Waals surface area contributed by atoms with Crippen LogP contribution in [0.3, 0.4) is 0 Å². The molecule has 0 atom stereocenters. The van der Waals surface area contributed by atoms with E-state index in [1.54, 1.807) is 0 Å². The first-order chi connectivity index (χ1) is 43.5. The summed E-state index contributed by atoms with van der Waals surface area (Å²) in [4.78, 5) is 0. The molecule has 4 aromatic heterocycles. The molecule has 0 unspecified atom stereocenters. The van der Waals surface area contributed by atoms with Crippen molar-refractivity contribution in [2.75, 3.05) is 0 Å². The first-order valence-corrected chi connectivity index (χ1v) is 29.1. The smallest absolute Gasteiger partial charge is 0.168 e. The van der Waals surface area contributed by atoms with Crippen LogP contribution in [0, 0.1) is 13.8 Å². The molecule has 0 aliphatic heterocycles. The molecule has 15 rings (SSSR count). The zero-order valence-electron chi connectivity index (χ0n) is 48.2. The van der Waals surface area contributed by atoms with Crippen LogP contribution in [0.4, 0.5) is 0 Å². The number of para-hydroxylation sites is 4. The molecule has 15 aromatic rings. The van der Waals surface area contributed by atoms with E-state index in [9.17, 15) is 0 Å². The van der Waals surface area contributed by atoms with Crippen LogP contribution in [-0.2, 0) is 0 Å². The Balaban J connectivity index is 0.000000155. The molecule has 0 radical (unpaired) electrons. The van der Waals surface area contributed by atoms with Crippen molar-refractivity contribution in [1.29, 1.82) is 0 Å². The molecule has 0 amide bonds. The van der Waals surface area contributed by atoms with Crippen molar-refractivity contribution in [1.82, 2.24) is 59.1 Å². The van der Waals surface area contributed by atoms with Gasteiger partial charge in [0.05, 0.1) is 0 Å². The fourth-order valence-corrected chi connectivity index (χ4v) is 10.9. The van der Waals surface area contributed by atoms with E-state index < -0.39 is 0 Å². The van der Waals surface area contributed by atoms with Gasteiger partial charge in [-0.2, -0.15) is 0 Å². The highest BCUT2D eigenvalue weighted by Gasteiger charge is 2.23. The number of aromatic nitrogens is 12. The highest BCUT2D eigenvalue weighted by molar-refractivity contribution is 5.76. The first-order valence-electron chi connectivity index (χ1n) is 29.1. The summed E-state index contributed by atoms with van der Waals surface area (Å²) < 4.78 is 8.46. The minimum atomic E-state index is 0.753. The van der Waals surface area contributed by atoms with Crippen molar-refractivity contribution in [3.05, 3.63) is 314 Å². The quantitative estimate of drug-likeness (QED) is 0.112. The van der Waals surface area contributed by atoms with Crippen LogP contribution in [0.15, 0.2) is 303 Å². The predicted molar refractivity (Wildman–Crippen MR) is 351 cm³/mol. The van der Waals surface area contributed by atoms with Gasteiger partial charge in [-0.15, -0.1) is 40.8 Å². The second-order valence-corrected chi connectivity index (χ2v) is 21.3. The number of hydrogen-bond donors (Lipinski definition) is 0. The maximum absolute atomic E-state index is 4.71. The summed E-state index contributed by atoms with van der Waals surface area (Å²) in [6.45, 7) is 4.17. The molecule has 0 saturated carbocycles. The fourth-order valence-electron chi connectivity index (χ4n) is 10.9. The van der Waals surface area contributed by atoms with Crippen molar-refractivity contribution in [3.63, 3.8) is 0 Å². The second kappa shape index (κ2) is 24.3. The van der Waals surface area contributed by atoms with Gasteiger partial charge in [0.2, 0.25) is 0 Å². The molecular formula is C76H56N12. The number of hydrogen-bond acceptors (Lipinski definition) is 8. The number of aryl methyl sites for hydroxylation is 2. The maximum Gasteiger partial charge on any atom is 0.168 e. The van der Waals surface area contributed by atoms with E-state index in [1.807, 2.05) is 115 Å². The highest BCUT2D eigenvalue weighted by atomic mass is 15.3. The lowest BCUT2D eigenvalue weighted by atomic mass is 10.0. The molecule has 12 heteroatoms. The lowest BCUT2D eigenvalue weighted by Crippen LogP contribution is -2.02. The van der Waals surface area contributed by atoms with Gasteiger partial charge in [-0.1, -0.05) is 260 Å². The third-order valence-corrected chi connectivity index (χ3v) is 15.4. The molecule has 0 bridgehead atoms. The van der Waals surface area contributed by atoms with E-state index in [0.29, 0.717) is 0 Å². The summed E-state index contributed by atoms with van der Waals surface area (Å²) >= 11 is 0. The molecular weight excluding hydrogens is 1080 g/mol.